The maximum absolute atomic E-state index is 11.3. The Labute approximate surface area is 188 Å². The Balaban J connectivity index is 1.32. The van der Waals surface area contributed by atoms with E-state index in [1.165, 1.54) is 16.8 Å². The molecule has 1 N–H and O–H groups in total. The summed E-state index contributed by atoms with van der Waals surface area (Å²) in [5.41, 5.74) is 7.06. The summed E-state index contributed by atoms with van der Waals surface area (Å²) in [5, 5.41) is 18.4. The van der Waals surface area contributed by atoms with Crippen molar-refractivity contribution >= 4 is 11.7 Å². The van der Waals surface area contributed by atoms with Crippen LogP contribution in [0.3, 0.4) is 0 Å². The molecule has 1 saturated heterocycles. The minimum absolute atomic E-state index is 0.375. The van der Waals surface area contributed by atoms with Gasteiger partial charge in [0.15, 0.2) is 0 Å². The molecular formula is C27H25N3O2. The Hall–Kier alpha value is -3.62. The van der Waals surface area contributed by atoms with E-state index in [2.05, 4.69) is 40.1 Å². The van der Waals surface area contributed by atoms with E-state index in [1.807, 2.05) is 36.4 Å². The van der Waals surface area contributed by atoms with Gasteiger partial charge >= 0.3 is 5.97 Å². The van der Waals surface area contributed by atoms with Crippen LogP contribution in [-0.4, -0.2) is 41.7 Å². The molecule has 0 saturated carbocycles. The van der Waals surface area contributed by atoms with Crippen molar-refractivity contribution in [2.24, 2.45) is 0 Å². The molecule has 0 bridgehead atoms. The van der Waals surface area contributed by atoms with Gasteiger partial charge in [-0.2, -0.15) is 5.26 Å². The highest BCUT2D eigenvalue weighted by molar-refractivity contribution is 5.88. The first-order chi connectivity index (χ1) is 15.6. The fraction of sp³-hybridized carbons (Fsp3) is 0.259. The monoisotopic (exact) mass is 423 g/mol. The van der Waals surface area contributed by atoms with Gasteiger partial charge in [-0.1, -0.05) is 36.4 Å². The molecule has 160 valence electrons. The summed E-state index contributed by atoms with van der Waals surface area (Å²) >= 11 is 0. The van der Waals surface area contributed by atoms with Gasteiger partial charge in [-0.15, -0.1) is 0 Å². The van der Waals surface area contributed by atoms with Crippen LogP contribution in [-0.2, 0) is 13.0 Å². The Morgan fingerprint density at radius 2 is 1.88 bits per heavy atom. The number of hydrogen-bond acceptors (Lipinski definition) is 4. The number of aromatic carboxylic acids is 1. The van der Waals surface area contributed by atoms with Gasteiger partial charge in [0.25, 0.3) is 0 Å². The standard InChI is InChI=1S/C27H25N3O2/c28-16-19-5-7-20(8-6-19)25-4-2-1-3-23(25)17-29-13-14-30-24(18-29)11-9-21-15-22(27(31)32)10-12-26(21)30/h1-8,10,12,15,24H,9,11,13-14,17-18H2,(H,31,32)/t24-/m1/s1. The van der Waals surface area contributed by atoms with Gasteiger partial charge in [0, 0.05) is 37.9 Å². The molecule has 3 aromatic rings. The third-order valence-corrected chi connectivity index (χ3v) is 6.69. The lowest BCUT2D eigenvalue weighted by Gasteiger charge is -2.46. The molecule has 0 radical (unpaired) electrons. The summed E-state index contributed by atoms with van der Waals surface area (Å²) in [5.74, 6) is -0.860. The largest absolute Gasteiger partial charge is 0.478 e. The van der Waals surface area contributed by atoms with E-state index in [-0.39, 0.29) is 0 Å². The molecule has 5 heteroatoms. The molecule has 0 unspecified atom stereocenters. The second-order valence-electron chi connectivity index (χ2n) is 8.62. The molecule has 2 heterocycles. The molecule has 2 aliphatic heterocycles. The molecule has 0 aliphatic carbocycles. The first-order valence-electron chi connectivity index (χ1n) is 11.1. The van der Waals surface area contributed by atoms with Crippen LogP contribution in [0.2, 0.25) is 0 Å². The third kappa shape index (κ3) is 3.86. The number of carbonyl (C=O) groups is 1. The number of aryl methyl sites for hydroxylation is 1. The van der Waals surface area contributed by atoms with Crippen molar-refractivity contribution in [1.82, 2.24) is 4.90 Å². The van der Waals surface area contributed by atoms with Crippen LogP contribution < -0.4 is 4.90 Å². The van der Waals surface area contributed by atoms with Crippen molar-refractivity contribution in [3.05, 3.63) is 89.0 Å². The number of hydrogen-bond donors (Lipinski definition) is 1. The zero-order valence-corrected chi connectivity index (χ0v) is 17.9. The van der Waals surface area contributed by atoms with Crippen molar-refractivity contribution in [2.75, 3.05) is 24.5 Å². The fourth-order valence-corrected chi connectivity index (χ4v) is 5.05. The maximum Gasteiger partial charge on any atom is 0.335 e. The minimum atomic E-state index is -0.860. The van der Waals surface area contributed by atoms with Crippen LogP contribution in [0.5, 0.6) is 0 Å². The highest BCUT2D eigenvalue weighted by Crippen LogP contribution is 2.34. The van der Waals surface area contributed by atoms with Crippen LogP contribution in [0, 0.1) is 11.3 Å². The van der Waals surface area contributed by atoms with Crippen molar-refractivity contribution in [1.29, 1.82) is 5.26 Å². The molecule has 0 spiro atoms. The first-order valence-corrected chi connectivity index (χ1v) is 11.1. The van der Waals surface area contributed by atoms with E-state index in [0.29, 0.717) is 17.2 Å². The lowest BCUT2D eigenvalue weighted by atomic mass is 9.92. The summed E-state index contributed by atoms with van der Waals surface area (Å²) in [6.07, 6.45) is 1.97. The number of nitriles is 1. The van der Waals surface area contributed by atoms with Crippen LogP contribution >= 0.6 is 0 Å². The van der Waals surface area contributed by atoms with Gasteiger partial charge in [-0.25, -0.2) is 4.79 Å². The fourth-order valence-electron chi connectivity index (χ4n) is 5.05. The minimum Gasteiger partial charge on any atom is -0.478 e. The van der Waals surface area contributed by atoms with E-state index < -0.39 is 5.97 Å². The second kappa shape index (κ2) is 8.49. The molecular weight excluding hydrogens is 398 g/mol. The van der Waals surface area contributed by atoms with E-state index in [9.17, 15) is 9.90 Å². The lowest BCUT2D eigenvalue weighted by Crippen LogP contribution is -2.54. The van der Waals surface area contributed by atoms with E-state index >= 15 is 0 Å². The van der Waals surface area contributed by atoms with E-state index in [0.717, 1.165) is 50.1 Å². The highest BCUT2D eigenvalue weighted by Gasteiger charge is 2.32. The number of nitrogens with zero attached hydrogens (tertiary/aromatic N) is 3. The van der Waals surface area contributed by atoms with Gasteiger partial charge in [-0.05, 0) is 65.4 Å². The summed E-state index contributed by atoms with van der Waals surface area (Å²) in [7, 11) is 0. The topological polar surface area (TPSA) is 67.6 Å². The molecule has 0 aromatic heterocycles. The van der Waals surface area contributed by atoms with Gasteiger partial charge in [-0.3, -0.25) is 4.90 Å². The van der Waals surface area contributed by atoms with Crippen molar-refractivity contribution < 1.29 is 9.90 Å². The van der Waals surface area contributed by atoms with Crippen LogP contribution in [0.1, 0.15) is 33.5 Å². The van der Waals surface area contributed by atoms with Gasteiger partial charge in [0.05, 0.1) is 17.2 Å². The number of fused-ring (bicyclic) bond motifs is 3. The predicted octanol–water partition coefficient (Wildman–Crippen LogP) is 4.56. The molecule has 1 atom stereocenters. The number of piperazine rings is 1. The Bertz CT molecular complexity index is 1200. The average Bonchev–Trinajstić information content (AvgIpc) is 2.84. The summed E-state index contributed by atoms with van der Waals surface area (Å²) < 4.78 is 0. The van der Waals surface area contributed by atoms with Crippen molar-refractivity contribution in [2.45, 2.75) is 25.4 Å². The molecule has 0 amide bonds. The van der Waals surface area contributed by atoms with E-state index in [1.54, 1.807) is 6.07 Å². The highest BCUT2D eigenvalue weighted by atomic mass is 16.4. The second-order valence-corrected chi connectivity index (χ2v) is 8.62. The summed E-state index contributed by atoms with van der Waals surface area (Å²) in [6, 6.07) is 24.5. The summed E-state index contributed by atoms with van der Waals surface area (Å²) in [6.45, 7) is 3.81. The molecule has 32 heavy (non-hydrogen) atoms. The SMILES string of the molecule is N#Cc1ccc(-c2ccccc2CN2CCN3c4ccc(C(=O)O)cc4CC[C@@H]3C2)cc1. The number of carboxylic acids is 1. The Morgan fingerprint density at radius 1 is 1.06 bits per heavy atom. The molecule has 5 nitrogen and oxygen atoms in total. The number of carboxylic acid groups (broad SMARTS) is 1. The van der Waals surface area contributed by atoms with Crippen LogP contribution in [0.15, 0.2) is 66.7 Å². The molecule has 1 fully saturated rings. The van der Waals surface area contributed by atoms with Crippen LogP contribution in [0.25, 0.3) is 11.1 Å². The smallest absolute Gasteiger partial charge is 0.335 e. The van der Waals surface area contributed by atoms with E-state index in [4.69, 9.17) is 5.26 Å². The van der Waals surface area contributed by atoms with Gasteiger partial charge < -0.3 is 10.0 Å². The Morgan fingerprint density at radius 3 is 2.66 bits per heavy atom. The van der Waals surface area contributed by atoms with Crippen molar-refractivity contribution in [3.8, 4) is 17.2 Å². The normalized spacial score (nSPS) is 17.8. The van der Waals surface area contributed by atoms with Gasteiger partial charge in [0.1, 0.15) is 0 Å². The maximum atomic E-state index is 11.3. The molecule has 5 rings (SSSR count). The van der Waals surface area contributed by atoms with Gasteiger partial charge in [0.2, 0.25) is 0 Å². The third-order valence-electron chi connectivity index (χ3n) is 6.69. The Kier molecular flexibility index (Phi) is 5.38. The number of rotatable bonds is 4. The zero-order valence-electron chi connectivity index (χ0n) is 17.9. The summed E-state index contributed by atoms with van der Waals surface area (Å²) in [4.78, 5) is 16.3. The zero-order chi connectivity index (χ0) is 22.1. The number of anilines is 1. The average molecular weight is 424 g/mol. The molecule has 2 aliphatic rings. The lowest BCUT2D eigenvalue weighted by molar-refractivity contribution is 0.0696. The predicted molar refractivity (Wildman–Crippen MR) is 125 cm³/mol. The first kappa shape index (κ1) is 20.3. The van der Waals surface area contributed by atoms with Crippen molar-refractivity contribution in [3.63, 3.8) is 0 Å². The quantitative estimate of drug-likeness (QED) is 0.666. The molecule has 3 aromatic carbocycles. The van der Waals surface area contributed by atoms with Crippen LogP contribution in [0.4, 0.5) is 5.69 Å². The number of benzene rings is 3.